The van der Waals surface area contributed by atoms with Crippen LogP contribution in [0.2, 0.25) is 0 Å². The Balaban J connectivity index is 1.98. The van der Waals surface area contributed by atoms with Crippen LogP contribution in [0.25, 0.3) is 0 Å². The van der Waals surface area contributed by atoms with Gasteiger partial charge in [0.05, 0.1) is 0 Å². The Morgan fingerprint density at radius 1 is 1.14 bits per heavy atom. The van der Waals surface area contributed by atoms with E-state index < -0.39 is 0 Å². The van der Waals surface area contributed by atoms with Crippen LogP contribution in [0.15, 0.2) is 24.3 Å². The summed E-state index contributed by atoms with van der Waals surface area (Å²) < 4.78 is 8.84. The van der Waals surface area contributed by atoms with E-state index in [0.717, 1.165) is 37.2 Å². The van der Waals surface area contributed by atoms with Crippen LogP contribution in [-0.4, -0.2) is 22.4 Å². The van der Waals surface area contributed by atoms with Crippen LogP contribution in [0.4, 0.5) is 0 Å². The molecule has 1 fully saturated rings. The lowest BCUT2D eigenvalue weighted by Crippen LogP contribution is -2.45. The molecule has 0 saturated heterocycles. The Morgan fingerprint density at radius 2 is 1.77 bits per heavy atom. The van der Waals surface area contributed by atoms with Gasteiger partial charge in [0, 0.05) is 11.3 Å². The maximum Gasteiger partial charge on any atom is 0.0221 e. The molecule has 1 aliphatic carbocycles. The molecular weight excluding hydrogens is 290 g/mol. The molecule has 1 saturated carbocycles. The lowest BCUT2D eigenvalue weighted by Gasteiger charge is -2.31. The molecule has 1 aromatic rings. The highest BCUT2D eigenvalue weighted by molar-refractivity contribution is 7.93. The topological polar surface area (TPSA) is 32.3 Å². The Bertz CT molecular complexity index is 443. The normalized spacial score (nSPS) is 17.8. The van der Waals surface area contributed by atoms with Crippen LogP contribution < -0.4 is 5.32 Å². The van der Waals surface area contributed by atoms with E-state index in [0.29, 0.717) is 0 Å². The summed E-state index contributed by atoms with van der Waals surface area (Å²) in [5.41, 5.74) is 3.36. The molecule has 2 nitrogen and oxygen atoms in total. The van der Waals surface area contributed by atoms with E-state index in [9.17, 15) is 0 Å². The van der Waals surface area contributed by atoms with Crippen molar-refractivity contribution in [3.8, 4) is 0 Å². The fraction of sp³-hybridized carbons (Fsp3) is 0.684. The number of benzene rings is 1. The average molecular weight is 322 g/mol. The summed E-state index contributed by atoms with van der Waals surface area (Å²) in [4.78, 5) is 0. The maximum atomic E-state index is 8.84. The van der Waals surface area contributed by atoms with Crippen LogP contribution >= 0.6 is 12.0 Å². The van der Waals surface area contributed by atoms with Gasteiger partial charge in [0.15, 0.2) is 0 Å². The molecule has 0 unspecified atom stereocenters. The minimum atomic E-state index is 0.226. The van der Waals surface area contributed by atoms with Gasteiger partial charge in [-0.25, -0.2) is 0 Å². The van der Waals surface area contributed by atoms with Crippen molar-refractivity contribution in [2.75, 3.05) is 12.3 Å². The Labute approximate surface area is 140 Å². The molecule has 22 heavy (non-hydrogen) atoms. The predicted molar refractivity (Wildman–Crippen MR) is 97.8 cm³/mol. The largest absolute Gasteiger partial charge is 0.330 e. The van der Waals surface area contributed by atoms with Gasteiger partial charge >= 0.3 is 0 Å². The molecule has 1 aliphatic rings. The fourth-order valence-electron chi connectivity index (χ4n) is 3.47. The van der Waals surface area contributed by atoms with E-state index in [1.807, 2.05) is 0 Å². The van der Waals surface area contributed by atoms with E-state index in [2.05, 4.69) is 50.4 Å². The first-order valence-electron chi connectivity index (χ1n) is 8.56. The van der Waals surface area contributed by atoms with Gasteiger partial charge in [-0.15, -0.1) is 0 Å². The quantitative estimate of drug-likeness (QED) is 0.546. The number of hydrogen-bond acceptors (Lipinski definition) is 3. The molecule has 0 aromatic heterocycles. The van der Waals surface area contributed by atoms with Crippen molar-refractivity contribution in [2.24, 2.45) is 0 Å². The van der Waals surface area contributed by atoms with Crippen molar-refractivity contribution in [1.29, 1.82) is 0 Å². The summed E-state index contributed by atoms with van der Waals surface area (Å²) in [6.45, 7) is 7.80. The first kappa shape index (κ1) is 17.8. The molecule has 0 aliphatic heterocycles. The van der Waals surface area contributed by atoms with Crippen LogP contribution in [0.1, 0.15) is 64.0 Å². The first-order valence-corrected chi connectivity index (χ1v) is 9.50. The molecule has 2 N–H and O–H groups in total. The zero-order chi connectivity index (χ0) is 16.1. The minimum absolute atomic E-state index is 0.226. The SMILES string of the molecule is CC(C)(C)c1ccc(CC2(NCCCSO)CCCC2)cc1. The molecule has 0 radical (unpaired) electrons. The van der Waals surface area contributed by atoms with E-state index in [1.165, 1.54) is 36.8 Å². The first-order chi connectivity index (χ1) is 10.5. The summed E-state index contributed by atoms with van der Waals surface area (Å²) in [5, 5.41) is 3.80. The molecular formula is C19H31NOS. The summed E-state index contributed by atoms with van der Waals surface area (Å²) >= 11 is 0.951. The molecule has 0 spiro atoms. The molecule has 2 rings (SSSR count). The van der Waals surface area contributed by atoms with Crippen LogP contribution in [-0.2, 0) is 11.8 Å². The monoisotopic (exact) mass is 321 g/mol. The molecule has 1 aromatic carbocycles. The predicted octanol–water partition coefficient (Wildman–Crippen LogP) is 5.03. The number of hydrogen-bond donors (Lipinski definition) is 2. The highest BCUT2D eigenvalue weighted by Gasteiger charge is 2.33. The van der Waals surface area contributed by atoms with Crippen molar-refractivity contribution in [3.63, 3.8) is 0 Å². The van der Waals surface area contributed by atoms with Crippen LogP contribution in [0, 0.1) is 0 Å². The van der Waals surface area contributed by atoms with Crippen molar-refractivity contribution in [1.82, 2.24) is 5.32 Å². The van der Waals surface area contributed by atoms with Crippen molar-refractivity contribution < 1.29 is 4.55 Å². The Morgan fingerprint density at radius 3 is 2.32 bits per heavy atom. The van der Waals surface area contributed by atoms with Gasteiger partial charge in [-0.05, 0) is 60.8 Å². The lowest BCUT2D eigenvalue weighted by molar-refractivity contribution is 0.330. The van der Waals surface area contributed by atoms with Gasteiger partial charge in [-0.2, -0.15) is 0 Å². The summed E-state index contributed by atoms with van der Waals surface area (Å²) in [5.74, 6) is 0.823. The molecule has 0 bridgehead atoms. The molecule has 0 amide bonds. The van der Waals surface area contributed by atoms with Gasteiger partial charge < -0.3 is 9.87 Å². The van der Waals surface area contributed by atoms with E-state index in [-0.39, 0.29) is 11.0 Å². The second-order valence-corrected chi connectivity index (χ2v) is 8.39. The number of nitrogens with one attached hydrogen (secondary N) is 1. The van der Waals surface area contributed by atoms with E-state index >= 15 is 0 Å². The third-order valence-electron chi connectivity index (χ3n) is 4.84. The van der Waals surface area contributed by atoms with E-state index in [1.54, 1.807) is 0 Å². The fourth-order valence-corrected chi connectivity index (χ4v) is 3.74. The second kappa shape index (κ2) is 7.85. The third kappa shape index (κ3) is 5.00. The number of rotatable bonds is 7. The summed E-state index contributed by atoms with van der Waals surface area (Å²) in [6, 6.07) is 9.21. The summed E-state index contributed by atoms with van der Waals surface area (Å²) in [7, 11) is 0. The zero-order valence-corrected chi connectivity index (χ0v) is 15.1. The Kier molecular flexibility index (Phi) is 6.36. The van der Waals surface area contributed by atoms with Crippen LogP contribution in [0.3, 0.4) is 0 Å². The molecule has 124 valence electrons. The average Bonchev–Trinajstić information content (AvgIpc) is 2.92. The zero-order valence-electron chi connectivity index (χ0n) is 14.3. The molecule has 0 atom stereocenters. The van der Waals surface area contributed by atoms with Gasteiger partial charge in [-0.1, -0.05) is 57.9 Å². The van der Waals surface area contributed by atoms with E-state index in [4.69, 9.17) is 4.55 Å². The van der Waals surface area contributed by atoms with Crippen molar-refractivity contribution in [3.05, 3.63) is 35.4 Å². The highest BCUT2D eigenvalue weighted by Crippen LogP contribution is 2.33. The van der Waals surface area contributed by atoms with Crippen molar-refractivity contribution in [2.45, 2.75) is 70.3 Å². The van der Waals surface area contributed by atoms with Gasteiger partial charge in [0.1, 0.15) is 0 Å². The summed E-state index contributed by atoms with van der Waals surface area (Å²) in [6.07, 6.45) is 7.39. The third-order valence-corrected chi connectivity index (χ3v) is 5.31. The maximum absolute atomic E-state index is 8.84. The van der Waals surface area contributed by atoms with Crippen molar-refractivity contribution >= 4 is 12.0 Å². The van der Waals surface area contributed by atoms with Gasteiger partial charge in [-0.3, -0.25) is 0 Å². The van der Waals surface area contributed by atoms with Crippen LogP contribution in [0.5, 0.6) is 0 Å². The minimum Gasteiger partial charge on any atom is -0.330 e. The highest BCUT2D eigenvalue weighted by atomic mass is 32.2. The standard InChI is InChI=1S/C19H31NOS/c1-18(2,3)17-9-7-16(8-10-17)15-19(11-4-5-12-19)20-13-6-14-22-21/h7-10,20-21H,4-6,11-15H2,1-3H3. The lowest BCUT2D eigenvalue weighted by atomic mass is 9.84. The molecule has 3 heteroatoms. The molecule has 0 heterocycles. The van der Waals surface area contributed by atoms with Gasteiger partial charge in [0.25, 0.3) is 0 Å². The smallest absolute Gasteiger partial charge is 0.0221 e. The van der Waals surface area contributed by atoms with Gasteiger partial charge in [0.2, 0.25) is 0 Å². The second-order valence-electron chi connectivity index (χ2n) is 7.72. The Hall–Kier alpha value is -0.510.